The van der Waals surface area contributed by atoms with E-state index in [2.05, 4.69) is 22.2 Å². The van der Waals surface area contributed by atoms with Gasteiger partial charge in [0.25, 0.3) is 5.91 Å². The Kier molecular flexibility index (Phi) is 6.33. The van der Waals surface area contributed by atoms with Crippen molar-refractivity contribution in [3.63, 3.8) is 0 Å². The van der Waals surface area contributed by atoms with E-state index in [-0.39, 0.29) is 5.91 Å². The second-order valence-corrected chi connectivity index (χ2v) is 7.54. The molecule has 1 N–H and O–H groups in total. The topological polar surface area (TPSA) is 58.1 Å². The first-order valence-electron chi connectivity index (χ1n) is 8.82. The normalized spacial score (nSPS) is 17.2. The second kappa shape index (κ2) is 8.69. The van der Waals surface area contributed by atoms with Crippen LogP contribution >= 0.6 is 23.2 Å². The van der Waals surface area contributed by atoms with Gasteiger partial charge in [-0.2, -0.15) is 0 Å². The van der Waals surface area contributed by atoms with Crippen molar-refractivity contribution in [1.29, 1.82) is 0 Å². The molecule has 0 aliphatic carbocycles. The number of piperidine rings is 1. The van der Waals surface area contributed by atoms with Gasteiger partial charge in [-0.15, -0.1) is 0 Å². The van der Waals surface area contributed by atoms with Gasteiger partial charge >= 0.3 is 0 Å². The summed E-state index contributed by atoms with van der Waals surface area (Å²) in [5.41, 5.74) is 1.41. The molecule has 0 saturated carbocycles. The Morgan fingerprint density at radius 1 is 1.31 bits per heavy atom. The Labute approximate surface area is 163 Å². The monoisotopic (exact) mass is 392 g/mol. The molecule has 138 valence electrons. The summed E-state index contributed by atoms with van der Waals surface area (Å²) in [4.78, 5) is 22.9. The molecule has 0 radical (unpaired) electrons. The van der Waals surface area contributed by atoms with Crippen LogP contribution in [0.15, 0.2) is 30.6 Å². The molecule has 1 amide bonds. The van der Waals surface area contributed by atoms with Crippen molar-refractivity contribution in [3.05, 3.63) is 51.9 Å². The fraction of sp³-hybridized carbons (Fsp3) is 0.421. The third kappa shape index (κ3) is 4.86. The smallest absolute Gasteiger partial charge is 0.274 e. The number of nitrogens with one attached hydrogen (secondary N) is 1. The van der Waals surface area contributed by atoms with Gasteiger partial charge in [0.05, 0.1) is 12.4 Å². The van der Waals surface area contributed by atoms with Crippen LogP contribution in [0.25, 0.3) is 0 Å². The van der Waals surface area contributed by atoms with Crippen LogP contribution in [0.4, 0.5) is 5.82 Å². The van der Waals surface area contributed by atoms with Crippen LogP contribution < -0.4 is 5.32 Å². The van der Waals surface area contributed by atoms with Crippen molar-refractivity contribution in [3.8, 4) is 0 Å². The lowest BCUT2D eigenvalue weighted by atomic mass is 10.0. The number of likely N-dealkylation sites (tertiary alicyclic amines) is 1. The van der Waals surface area contributed by atoms with Crippen LogP contribution in [0.1, 0.15) is 35.8 Å². The van der Waals surface area contributed by atoms with E-state index in [9.17, 15) is 4.79 Å². The molecule has 1 aromatic heterocycles. The van der Waals surface area contributed by atoms with Crippen LogP contribution in [-0.2, 0) is 6.42 Å². The van der Waals surface area contributed by atoms with Gasteiger partial charge in [0.15, 0.2) is 0 Å². The summed E-state index contributed by atoms with van der Waals surface area (Å²) in [6.07, 6.45) is 6.11. The molecule has 1 aromatic carbocycles. The maximum Gasteiger partial charge on any atom is 0.274 e. The van der Waals surface area contributed by atoms with E-state index >= 15 is 0 Å². The maximum atomic E-state index is 12.5. The molecule has 1 unspecified atom stereocenters. The number of carbonyl (C=O) groups is 1. The number of benzene rings is 1. The van der Waals surface area contributed by atoms with E-state index in [0.717, 1.165) is 31.5 Å². The zero-order chi connectivity index (χ0) is 18.5. The summed E-state index contributed by atoms with van der Waals surface area (Å²) < 4.78 is 0. The fourth-order valence-corrected chi connectivity index (χ4v) is 3.62. The second-order valence-electron chi connectivity index (χ2n) is 6.70. The van der Waals surface area contributed by atoms with Crippen molar-refractivity contribution in [1.82, 2.24) is 14.9 Å². The van der Waals surface area contributed by atoms with Gasteiger partial charge in [-0.3, -0.25) is 4.79 Å². The fourth-order valence-electron chi connectivity index (χ4n) is 3.12. The van der Waals surface area contributed by atoms with Gasteiger partial charge < -0.3 is 10.2 Å². The van der Waals surface area contributed by atoms with E-state index in [1.807, 2.05) is 17.0 Å². The minimum atomic E-state index is -0.0384. The van der Waals surface area contributed by atoms with E-state index in [4.69, 9.17) is 23.2 Å². The zero-order valence-corrected chi connectivity index (χ0v) is 16.2. The Morgan fingerprint density at radius 2 is 2.15 bits per heavy atom. The Morgan fingerprint density at radius 3 is 2.85 bits per heavy atom. The number of halogens is 2. The van der Waals surface area contributed by atoms with Crippen LogP contribution in [-0.4, -0.2) is 40.4 Å². The average molecular weight is 393 g/mol. The molecule has 2 heterocycles. The summed E-state index contributed by atoms with van der Waals surface area (Å²) in [7, 11) is 0. The zero-order valence-electron chi connectivity index (χ0n) is 14.7. The van der Waals surface area contributed by atoms with Crippen molar-refractivity contribution in [2.75, 3.05) is 25.0 Å². The average Bonchev–Trinajstić information content (AvgIpc) is 2.63. The molecule has 1 atom stereocenters. The SMILES string of the molecule is CC1CCCN(C(=O)c2cnc(NCCc3ccc(Cl)cc3Cl)cn2)C1. The highest BCUT2D eigenvalue weighted by Gasteiger charge is 2.23. The Balaban J connectivity index is 1.53. The lowest BCUT2D eigenvalue weighted by molar-refractivity contribution is 0.0676. The highest BCUT2D eigenvalue weighted by atomic mass is 35.5. The van der Waals surface area contributed by atoms with Gasteiger partial charge in [-0.25, -0.2) is 9.97 Å². The lowest BCUT2D eigenvalue weighted by Gasteiger charge is -2.30. The molecular formula is C19H22Cl2N4O. The molecule has 5 nitrogen and oxygen atoms in total. The van der Waals surface area contributed by atoms with Crippen LogP contribution in [0.2, 0.25) is 10.0 Å². The summed E-state index contributed by atoms with van der Waals surface area (Å²) >= 11 is 12.1. The predicted molar refractivity (Wildman–Crippen MR) is 105 cm³/mol. The molecule has 0 spiro atoms. The van der Waals surface area contributed by atoms with Crippen molar-refractivity contribution < 1.29 is 4.79 Å². The standard InChI is InChI=1S/C19H22Cl2N4O/c1-13-3-2-8-25(12-13)19(26)17-10-24-18(11-23-17)22-7-6-14-4-5-15(20)9-16(14)21/h4-5,9-11,13H,2-3,6-8,12H2,1H3,(H,22,24). The number of anilines is 1. The summed E-state index contributed by atoms with van der Waals surface area (Å²) in [6.45, 7) is 4.42. The number of nitrogens with zero attached hydrogens (tertiary/aromatic N) is 3. The molecule has 1 aliphatic heterocycles. The van der Waals surface area contributed by atoms with Gasteiger partial charge in [0.1, 0.15) is 11.5 Å². The van der Waals surface area contributed by atoms with Gasteiger partial charge in [-0.05, 0) is 42.9 Å². The molecule has 26 heavy (non-hydrogen) atoms. The molecule has 1 saturated heterocycles. The first kappa shape index (κ1) is 18.9. The van der Waals surface area contributed by atoms with E-state index in [1.165, 1.54) is 6.42 Å². The minimum Gasteiger partial charge on any atom is -0.368 e. The number of rotatable bonds is 5. The van der Waals surface area contributed by atoms with E-state index < -0.39 is 0 Å². The van der Waals surface area contributed by atoms with Crippen molar-refractivity contribution in [2.45, 2.75) is 26.2 Å². The largest absolute Gasteiger partial charge is 0.368 e. The first-order chi connectivity index (χ1) is 12.5. The van der Waals surface area contributed by atoms with Crippen LogP contribution in [0.5, 0.6) is 0 Å². The lowest BCUT2D eigenvalue weighted by Crippen LogP contribution is -2.39. The third-order valence-corrected chi connectivity index (χ3v) is 5.12. The number of hydrogen-bond donors (Lipinski definition) is 1. The summed E-state index contributed by atoms with van der Waals surface area (Å²) in [5.74, 6) is 1.14. The summed E-state index contributed by atoms with van der Waals surface area (Å²) in [5, 5.41) is 4.48. The molecular weight excluding hydrogens is 371 g/mol. The number of aromatic nitrogens is 2. The predicted octanol–water partition coefficient (Wildman–Crippen LogP) is 4.31. The minimum absolute atomic E-state index is 0.0384. The van der Waals surface area contributed by atoms with E-state index in [0.29, 0.717) is 34.0 Å². The van der Waals surface area contributed by atoms with Gasteiger partial charge in [-0.1, -0.05) is 36.2 Å². The maximum absolute atomic E-state index is 12.5. The summed E-state index contributed by atoms with van der Waals surface area (Å²) in [6, 6.07) is 5.48. The molecule has 0 bridgehead atoms. The quantitative estimate of drug-likeness (QED) is 0.823. The molecule has 3 rings (SSSR count). The van der Waals surface area contributed by atoms with Gasteiger partial charge in [0.2, 0.25) is 0 Å². The highest BCUT2D eigenvalue weighted by molar-refractivity contribution is 6.35. The molecule has 1 aliphatic rings. The van der Waals surface area contributed by atoms with Gasteiger partial charge in [0, 0.05) is 29.7 Å². The van der Waals surface area contributed by atoms with Crippen LogP contribution in [0, 0.1) is 5.92 Å². The third-order valence-electron chi connectivity index (χ3n) is 4.53. The Bertz CT molecular complexity index is 767. The first-order valence-corrected chi connectivity index (χ1v) is 9.57. The van der Waals surface area contributed by atoms with E-state index in [1.54, 1.807) is 18.5 Å². The van der Waals surface area contributed by atoms with Crippen molar-refractivity contribution in [2.24, 2.45) is 5.92 Å². The number of amides is 1. The van der Waals surface area contributed by atoms with Crippen LogP contribution in [0.3, 0.4) is 0 Å². The molecule has 2 aromatic rings. The highest BCUT2D eigenvalue weighted by Crippen LogP contribution is 2.21. The molecule has 1 fully saturated rings. The molecule has 7 heteroatoms. The number of hydrogen-bond acceptors (Lipinski definition) is 4. The Hall–Kier alpha value is -1.85. The number of carbonyl (C=O) groups excluding carboxylic acids is 1. The van der Waals surface area contributed by atoms with Crippen molar-refractivity contribution >= 4 is 34.9 Å².